The predicted octanol–water partition coefficient (Wildman–Crippen LogP) is 3.01. The van der Waals surface area contributed by atoms with Crippen molar-refractivity contribution in [1.82, 2.24) is 4.98 Å². The summed E-state index contributed by atoms with van der Waals surface area (Å²) in [6.07, 6.45) is 0. The maximum atomic E-state index is 5.36. The second-order valence-corrected chi connectivity index (χ2v) is 3.47. The lowest BCUT2D eigenvalue weighted by Gasteiger charge is -1.96. The van der Waals surface area contributed by atoms with Crippen LogP contribution in [0.4, 0.5) is 0 Å². The van der Waals surface area contributed by atoms with Crippen molar-refractivity contribution in [2.24, 2.45) is 0 Å². The van der Waals surface area contributed by atoms with Crippen molar-refractivity contribution >= 4 is 10.9 Å². The Bertz CT molecular complexity index is 431. The summed E-state index contributed by atoms with van der Waals surface area (Å²) in [6.45, 7) is 5.55. The summed E-state index contributed by atoms with van der Waals surface area (Å²) in [5.41, 5.74) is 3.66. The number of aryl methyl sites for hydroxylation is 1. The van der Waals surface area contributed by atoms with Gasteiger partial charge >= 0.3 is 0 Å². The van der Waals surface area contributed by atoms with E-state index in [9.17, 15) is 0 Å². The highest BCUT2D eigenvalue weighted by atomic mass is 16.5. The summed E-state index contributed by atoms with van der Waals surface area (Å²) >= 11 is 0. The van der Waals surface area contributed by atoms with E-state index < -0.39 is 0 Å². The number of aromatic amines is 1. The van der Waals surface area contributed by atoms with E-state index in [2.05, 4.69) is 36.2 Å². The molecule has 2 aromatic rings. The van der Waals surface area contributed by atoms with E-state index in [1.807, 2.05) is 6.92 Å². The maximum Gasteiger partial charge on any atom is 0.0865 e. The van der Waals surface area contributed by atoms with Crippen molar-refractivity contribution in [2.75, 3.05) is 6.61 Å². The van der Waals surface area contributed by atoms with E-state index in [4.69, 9.17) is 4.74 Å². The third-order valence-corrected chi connectivity index (χ3v) is 2.38. The minimum absolute atomic E-state index is 0.671. The molecule has 0 radical (unpaired) electrons. The lowest BCUT2D eigenvalue weighted by molar-refractivity contribution is 0.132. The zero-order chi connectivity index (χ0) is 9.97. The summed E-state index contributed by atoms with van der Waals surface area (Å²) < 4.78 is 5.36. The van der Waals surface area contributed by atoms with E-state index in [-0.39, 0.29) is 0 Å². The molecule has 1 aromatic carbocycles. The molecule has 74 valence electrons. The Morgan fingerprint density at radius 1 is 1.36 bits per heavy atom. The van der Waals surface area contributed by atoms with Crippen LogP contribution < -0.4 is 0 Å². The second-order valence-electron chi connectivity index (χ2n) is 3.47. The molecule has 2 nitrogen and oxygen atoms in total. The van der Waals surface area contributed by atoms with E-state index in [1.165, 1.54) is 16.5 Å². The summed E-state index contributed by atoms with van der Waals surface area (Å²) in [5, 5.41) is 1.26. The molecular formula is C12H15NO. The zero-order valence-corrected chi connectivity index (χ0v) is 8.63. The lowest BCUT2D eigenvalue weighted by Crippen LogP contribution is -1.91. The number of aromatic nitrogens is 1. The molecule has 1 heterocycles. The van der Waals surface area contributed by atoms with Gasteiger partial charge in [-0.15, -0.1) is 0 Å². The molecule has 2 heteroatoms. The number of para-hydroxylation sites is 1. The maximum absolute atomic E-state index is 5.36. The average molecular weight is 189 g/mol. The van der Waals surface area contributed by atoms with Gasteiger partial charge in [0.1, 0.15) is 0 Å². The van der Waals surface area contributed by atoms with E-state index in [0.717, 1.165) is 12.3 Å². The molecule has 0 fully saturated rings. The van der Waals surface area contributed by atoms with Crippen LogP contribution in [0.2, 0.25) is 0 Å². The molecule has 0 unspecified atom stereocenters. The van der Waals surface area contributed by atoms with Gasteiger partial charge in [-0.3, -0.25) is 0 Å². The van der Waals surface area contributed by atoms with Crippen LogP contribution in [0.5, 0.6) is 0 Å². The van der Waals surface area contributed by atoms with Gasteiger partial charge in [0, 0.05) is 23.2 Å². The van der Waals surface area contributed by atoms with Gasteiger partial charge in [-0.2, -0.15) is 0 Å². The first kappa shape index (κ1) is 9.28. The van der Waals surface area contributed by atoms with Crippen LogP contribution >= 0.6 is 0 Å². The monoisotopic (exact) mass is 189 g/mol. The Balaban J connectivity index is 2.36. The predicted molar refractivity (Wildman–Crippen MR) is 58.4 cm³/mol. The Kier molecular flexibility index (Phi) is 2.55. The van der Waals surface area contributed by atoms with Crippen molar-refractivity contribution in [2.45, 2.75) is 20.5 Å². The minimum atomic E-state index is 0.671. The molecule has 1 N–H and O–H groups in total. The van der Waals surface area contributed by atoms with Crippen molar-refractivity contribution in [3.8, 4) is 0 Å². The molecule has 0 aliphatic carbocycles. The van der Waals surface area contributed by atoms with Crippen LogP contribution in [0.25, 0.3) is 10.9 Å². The van der Waals surface area contributed by atoms with Crippen LogP contribution in [0.15, 0.2) is 24.3 Å². The Morgan fingerprint density at radius 3 is 2.93 bits per heavy atom. The summed E-state index contributed by atoms with van der Waals surface area (Å²) in [6, 6.07) is 8.46. The Morgan fingerprint density at radius 2 is 2.21 bits per heavy atom. The normalized spacial score (nSPS) is 11.0. The molecule has 0 aliphatic heterocycles. The van der Waals surface area contributed by atoms with Crippen molar-refractivity contribution in [3.05, 3.63) is 35.5 Å². The van der Waals surface area contributed by atoms with Gasteiger partial charge < -0.3 is 9.72 Å². The van der Waals surface area contributed by atoms with Gasteiger partial charge in [0.15, 0.2) is 0 Å². The number of rotatable bonds is 3. The van der Waals surface area contributed by atoms with Gasteiger partial charge in [0.2, 0.25) is 0 Å². The highest BCUT2D eigenvalue weighted by Gasteiger charge is 2.01. The SMILES string of the molecule is CCOCc1cc2cccc(C)c2[nH]1. The van der Waals surface area contributed by atoms with Gasteiger partial charge in [-0.1, -0.05) is 18.2 Å². The van der Waals surface area contributed by atoms with E-state index in [0.29, 0.717) is 6.61 Å². The number of hydrogen-bond acceptors (Lipinski definition) is 1. The second kappa shape index (κ2) is 3.84. The summed E-state index contributed by atoms with van der Waals surface area (Å²) in [4.78, 5) is 3.37. The number of ether oxygens (including phenoxy) is 1. The van der Waals surface area contributed by atoms with Crippen LogP contribution in [-0.4, -0.2) is 11.6 Å². The third kappa shape index (κ3) is 1.66. The Hall–Kier alpha value is -1.28. The largest absolute Gasteiger partial charge is 0.376 e. The molecule has 0 saturated carbocycles. The number of benzene rings is 1. The third-order valence-electron chi connectivity index (χ3n) is 2.38. The van der Waals surface area contributed by atoms with E-state index in [1.54, 1.807) is 0 Å². The van der Waals surface area contributed by atoms with Crippen LogP contribution in [0, 0.1) is 6.92 Å². The van der Waals surface area contributed by atoms with E-state index >= 15 is 0 Å². The minimum Gasteiger partial charge on any atom is -0.376 e. The molecule has 0 amide bonds. The van der Waals surface area contributed by atoms with Crippen molar-refractivity contribution < 1.29 is 4.74 Å². The first-order chi connectivity index (χ1) is 6.81. The van der Waals surface area contributed by atoms with Gasteiger partial charge in [-0.05, 0) is 25.5 Å². The van der Waals surface area contributed by atoms with Gasteiger partial charge in [-0.25, -0.2) is 0 Å². The quantitative estimate of drug-likeness (QED) is 0.788. The van der Waals surface area contributed by atoms with Crippen LogP contribution in [0.3, 0.4) is 0 Å². The molecule has 0 spiro atoms. The molecule has 0 bridgehead atoms. The van der Waals surface area contributed by atoms with Crippen molar-refractivity contribution in [3.63, 3.8) is 0 Å². The number of fused-ring (bicyclic) bond motifs is 1. The molecule has 1 aromatic heterocycles. The Labute approximate surface area is 83.9 Å². The first-order valence-electron chi connectivity index (χ1n) is 4.96. The fourth-order valence-corrected chi connectivity index (χ4v) is 1.66. The smallest absolute Gasteiger partial charge is 0.0865 e. The zero-order valence-electron chi connectivity index (χ0n) is 8.63. The topological polar surface area (TPSA) is 25.0 Å². The van der Waals surface area contributed by atoms with Gasteiger partial charge in [0.25, 0.3) is 0 Å². The molecule has 0 aliphatic rings. The fourth-order valence-electron chi connectivity index (χ4n) is 1.66. The van der Waals surface area contributed by atoms with Gasteiger partial charge in [0.05, 0.1) is 6.61 Å². The van der Waals surface area contributed by atoms with Crippen LogP contribution in [-0.2, 0) is 11.3 Å². The fraction of sp³-hybridized carbons (Fsp3) is 0.333. The summed E-state index contributed by atoms with van der Waals surface area (Å²) in [7, 11) is 0. The standard InChI is InChI=1S/C12H15NO/c1-3-14-8-11-7-10-6-4-5-9(2)12(10)13-11/h4-7,13H,3,8H2,1-2H3. The van der Waals surface area contributed by atoms with Crippen molar-refractivity contribution in [1.29, 1.82) is 0 Å². The molecule has 14 heavy (non-hydrogen) atoms. The average Bonchev–Trinajstić information content (AvgIpc) is 2.59. The summed E-state index contributed by atoms with van der Waals surface area (Å²) in [5.74, 6) is 0. The number of hydrogen-bond donors (Lipinski definition) is 1. The molecular weight excluding hydrogens is 174 g/mol. The first-order valence-corrected chi connectivity index (χ1v) is 4.96. The molecule has 0 atom stereocenters. The molecule has 2 rings (SSSR count). The van der Waals surface area contributed by atoms with Crippen LogP contribution in [0.1, 0.15) is 18.2 Å². The lowest BCUT2D eigenvalue weighted by atomic mass is 10.2. The highest BCUT2D eigenvalue weighted by molar-refractivity contribution is 5.83. The molecule has 0 saturated heterocycles. The highest BCUT2D eigenvalue weighted by Crippen LogP contribution is 2.18. The number of nitrogens with one attached hydrogen (secondary N) is 1. The number of H-pyrrole nitrogens is 1.